The Morgan fingerprint density at radius 3 is 2.91 bits per heavy atom. The Morgan fingerprint density at radius 1 is 1.27 bits per heavy atom. The predicted molar refractivity (Wildman–Crippen MR) is 84.4 cm³/mol. The Hall–Kier alpha value is -2.40. The number of fused-ring (bicyclic) bond motifs is 1. The molecule has 110 valence electrons. The number of aromatic nitrogens is 3. The van der Waals surface area contributed by atoms with Crippen molar-refractivity contribution < 1.29 is 4.79 Å². The summed E-state index contributed by atoms with van der Waals surface area (Å²) in [6, 6.07) is 10.5. The van der Waals surface area contributed by atoms with Gasteiger partial charge < -0.3 is 5.32 Å². The molecule has 22 heavy (non-hydrogen) atoms. The molecular formula is C16H13ClN4O. The first kappa shape index (κ1) is 13.3. The van der Waals surface area contributed by atoms with Gasteiger partial charge in [-0.3, -0.25) is 4.79 Å². The van der Waals surface area contributed by atoms with Crippen molar-refractivity contribution in [3.8, 4) is 0 Å². The Bertz CT molecular complexity index is 869. The summed E-state index contributed by atoms with van der Waals surface area (Å²) < 4.78 is 1.67. The fourth-order valence-corrected chi connectivity index (χ4v) is 2.55. The monoisotopic (exact) mass is 312 g/mol. The van der Waals surface area contributed by atoms with E-state index in [1.165, 1.54) is 12.8 Å². The molecule has 6 heteroatoms. The predicted octanol–water partition coefficient (Wildman–Crippen LogP) is 3.51. The number of nitrogens with zero attached hydrogens (tertiary/aromatic N) is 3. The van der Waals surface area contributed by atoms with Crippen LogP contribution in [0.2, 0.25) is 5.02 Å². The molecule has 4 rings (SSSR count). The van der Waals surface area contributed by atoms with Crippen molar-refractivity contribution in [2.24, 2.45) is 0 Å². The van der Waals surface area contributed by atoms with Crippen LogP contribution < -0.4 is 5.32 Å². The van der Waals surface area contributed by atoms with E-state index in [0.29, 0.717) is 22.3 Å². The second kappa shape index (κ2) is 5.10. The zero-order valence-electron chi connectivity index (χ0n) is 11.7. The van der Waals surface area contributed by atoms with Gasteiger partial charge in [0.2, 0.25) is 0 Å². The second-order valence-corrected chi connectivity index (χ2v) is 5.86. The topological polar surface area (TPSA) is 59.3 Å². The van der Waals surface area contributed by atoms with Gasteiger partial charge in [0.15, 0.2) is 5.65 Å². The molecule has 1 aliphatic carbocycles. The lowest BCUT2D eigenvalue weighted by molar-refractivity contribution is 0.102. The fraction of sp³-hybridized carbons (Fsp3) is 0.188. The molecule has 3 aromatic rings. The summed E-state index contributed by atoms with van der Waals surface area (Å²) in [7, 11) is 0. The summed E-state index contributed by atoms with van der Waals surface area (Å²) in [6.45, 7) is 0. The molecule has 1 N–H and O–H groups in total. The van der Waals surface area contributed by atoms with Gasteiger partial charge in [0, 0.05) is 16.6 Å². The van der Waals surface area contributed by atoms with Crippen LogP contribution in [0.1, 0.15) is 34.9 Å². The third kappa shape index (κ3) is 2.55. The number of halogens is 1. The van der Waals surface area contributed by atoms with E-state index in [0.717, 1.165) is 11.3 Å². The van der Waals surface area contributed by atoms with Crippen LogP contribution in [-0.2, 0) is 0 Å². The number of benzene rings is 1. The first-order valence-electron chi connectivity index (χ1n) is 7.12. The van der Waals surface area contributed by atoms with Crippen molar-refractivity contribution in [2.45, 2.75) is 18.8 Å². The maximum atomic E-state index is 12.3. The molecule has 1 aromatic carbocycles. The summed E-state index contributed by atoms with van der Waals surface area (Å²) in [5.74, 6) is 0.288. The first-order valence-corrected chi connectivity index (χ1v) is 7.50. The standard InChI is InChI=1S/C16H13ClN4O/c17-11-2-1-3-12(8-11)18-16(22)13-6-7-15-19-14(10-4-5-10)9-21(15)20-13/h1-3,6-10H,4-5H2,(H,18,22). The number of amides is 1. The third-order valence-electron chi connectivity index (χ3n) is 3.65. The molecule has 2 aromatic heterocycles. The van der Waals surface area contributed by atoms with Gasteiger partial charge in [0.1, 0.15) is 5.69 Å². The molecule has 5 nitrogen and oxygen atoms in total. The van der Waals surface area contributed by atoms with E-state index in [9.17, 15) is 4.79 Å². The lowest BCUT2D eigenvalue weighted by Crippen LogP contribution is -2.15. The van der Waals surface area contributed by atoms with Crippen LogP contribution >= 0.6 is 11.6 Å². The third-order valence-corrected chi connectivity index (χ3v) is 3.88. The lowest BCUT2D eigenvalue weighted by Gasteiger charge is -2.05. The minimum Gasteiger partial charge on any atom is -0.321 e. The number of carbonyl (C=O) groups is 1. The SMILES string of the molecule is O=C(Nc1cccc(Cl)c1)c1ccc2nc(C3CC3)cn2n1. The van der Waals surface area contributed by atoms with Crippen LogP contribution in [-0.4, -0.2) is 20.5 Å². The maximum Gasteiger partial charge on any atom is 0.276 e. The molecule has 0 radical (unpaired) electrons. The molecule has 0 bridgehead atoms. The largest absolute Gasteiger partial charge is 0.321 e. The highest BCUT2D eigenvalue weighted by molar-refractivity contribution is 6.30. The molecule has 0 atom stereocenters. The van der Waals surface area contributed by atoms with Crippen molar-refractivity contribution in [3.63, 3.8) is 0 Å². The van der Waals surface area contributed by atoms with E-state index in [4.69, 9.17) is 11.6 Å². The molecular weight excluding hydrogens is 300 g/mol. The highest BCUT2D eigenvalue weighted by Gasteiger charge is 2.26. The minimum absolute atomic E-state index is 0.272. The van der Waals surface area contributed by atoms with E-state index >= 15 is 0 Å². The quantitative estimate of drug-likeness (QED) is 0.805. The normalized spacial score (nSPS) is 14.2. The van der Waals surface area contributed by atoms with Crippen molar-refractivity contribution in [1.82, 2.24) is 14.6 Å². The molecule has 2 heterocycles. The number of imidazole rings is 1. The number of rotatable bonds is 3. The highest BCUT2D eigenvalue weighted by Crippen LogP contribution is 2.39. The van der Waals surface area contributed by atoms with Crippen molar-refractivity contribution in [3.05, 3.63) is 59.0 Å². The number of nitrogens with one attached hydrogen (secondary N) is 1. The summed E-state index contributed by atoms with van der Waals surface area (Å²) >= 11 is 5.91. The maximum absolute atomic E-state index is 12.3. The van der Waals surface area contributed by atoms with E-state index < -0.39 is 0 Å². The average molecular weight is 313 g/mol. The van der Waals surface area contributed by atoms with E-state index in [1.54, 1.807) is 34.8 Å². The van der Waals surface area contributed by atoms with Crippen LogP contribution in [0, 0.1) is 0 Å². The first-order chi connectivity index (χ1) is 10.7. The van der Waals surface area contributed by atoms with Crippen molar-refractivity contribution in [2.75, 3.05) is 5.32 Å². The van der Waals surface area contributed by atoms with Crippen LogP contribution in [0.15, 0.2) is 42.6 Å². The molecule has 1 fully saturated rings. The number of hydrogen-bond acceptors (Lipinski definition) is 3. The van der Waals surface area contributed by atoms with Gasteiger partial charge in [-0.1, -0.05) is 17.7 Å². The Morgan fingerprint density at radius 2 is 2.14 bits per heavy atom. The van der Waals surface area contributed by atoms with Gasteiger partial charge in [-0.2, -0.15) is 5.10 Å². The molecule has 0 spiro atoms. The average Bonchev–Trinajstić information content (AvgIpc) is 3.26. The van der Waals surface area contributed by atoms with Crippen molar-refractivity contribution in [1.29, 1.82) is 0 Å². The highest BCUT2D eigenvalue weighted by atomic mass is 35.5. The zero-order chi connectivity index (χ0) is 15.1. The zero-order valence-corrected chi connectivity index (χ0v) is 12.4. The summed E-state index contributed by atoms with van der Waals surface area (Å²) in [5, 5.41) is 7.69. The van der Waals surface area contributed by atoms with Gasteiger partial charge in [-0.15, -0.1) is 0 Å². The number of anilines is 1. The van der Waals surface area contributed by atoms with Crippen LogP contribution in [0.5, 0.6) is 0 Å². The number of carbonyl (C=O) groups excluding carboxylic acids is 1. The smallest absolute Gasteiger partial charge is 0.276 e. The number of hydrogen-bond donors (Lipinski definition) is 1. The van der Waals surface area contributed by atoms with Gasteiger partial charge in [-0.05, 0) is 43.2 Å². The van der Waals surface area contributed by atoms with Gasteiger partial charge in [-0.25, -0.2) is 9.50 Å². The van der Waals surface area contributed by atoms with E-state index in [1.807, 2.05) is 12.3 Å². The second-order valence-electron chi connectivity index (χ2n) is 5.43. The molecule has 1 amide bonds. The Labute approximate surface area is 131 Å². The Kier molecular flexibility index (Phi) is 3.08. The fourth-order valence-electron chi connectivity index (χ4n) is 2.36. The van der Waals surface area contributed by atoms with Gasteiger partial charge in [0.05, 0.1) is 11.9 Å². The molecule has 0 unspecified atom stereocenters. The van der Waals surface area contributed by atoms with Gasteiger partial charge in [0.25, 0.3) is 5.91 Å². The molecule has 1 saturated carbocycles. The van der Waals surface area contributed by atoms with Crippen molar-refractivity contribution >= 4 is 28.8 Å². The minimum atomic E-state index is -0.272. The van der Waals surface area contributed by atoms with Crippen LogP contribution in [0.4, 0.5) is 5.69 Å². The van der Waals surface area contributed by atoms with E-state index in [2.05, 4.69) is 15.4 Å². The molecule has 0 saturated heterocycles. The Balaban J connectivity index is 1.60. The van der Waals surface area contributed by atoms with E-state index in [-0.39, 0.29) is 5.91 Å². The van der Waals surface area contributed by atoms with Crippen LogP contribution in [0.25, 0.3) is 5.65 Å². The molecule has 1 aliphatic rings. The molecule has 0 aliphatic heterocycles. The lowest BCUT2D eigenvalue weighted by atomic mass is 10.3. The van der Waals surface area contributed by atoms with Gasteiger partial charge >= 0.3 is 0 Å². The van der Waals surface area contributed by atoms with Crippen LogP contribution in [0.3, 0.4) is 0 Å². The summed E-state index contributed by atoms with van der Waals surface area (Å²) in [6.07, 6.45) is 4.28. The summed E-state index contributed by atoms with van der Waals surface area (Å²) in [5.41, 5.74) is 2.80. The summed E-state index contributed by atoms with van der Waals surface area (Å²) in [4.78, 5) is 16.8.